The molecule has 32 heavy (non-hydrogen) atoms. The lowest BCUT2D eigenvalue weighted by Gasteiger charge is -2.20. The van der Waals surface area contributed by atoms with Crippen molar-refractivity contribution in [1.82, 2.24) is 4.57 Å². The molecule has 9 nitrogen and oxygen atoms in total. The maximum Gasteiger partial charge on any atom is 0.349 e. The van der Waals surface area contributed by atoms with Crippen LogP contribution in [0.5, 0.6) is 5.75 Å². The van der Waals surface area contributed by atoms with Crippen LogP contribution < -0.4 is 4.74 Å². The van der Waals surface area contributed by atoms with Crippen molar-refractivity contribution < 1.29 is 23.9 Å². The van der Waals surface area contributed by atoms with Crippen molar-refractivity contribution in [2.75, 3.05) is 6.79 Å². The Morgan fingerprint density at radius 1 is 1.38 bits per heavy atom. The molecule has 0 fully saturated rings. The lowest BCUT2D eigenvalue weighted by Crippen LogP contribution is -2.15. The SMILES string of the molecule is Cc1cc(C=C(C#N)C(=O)OCc2cc([N+](=O)[O-])cc3c2OCOC3)c(C)n1CC(C)C. The summed E-state index contributed by atoms with van der Waals surface area (Å²) in [6.45, 7) is 8.88. The second-order valence-corrected chi connectivity index (χ2v) is 8.04. The van der Waals surface area contributed by atoms with Crippen LogP contribution in [0.3, 0.4) is 0 Å². The van der Waals surface area contributed by atoms with Gasteiger partial charge in [0.2, 0.25) is 0 Å². The number of nitro benzene ring substituents is 1. The Balaban J connectivity index is 1.82. The van der Waals surface area contributed by atoms with Gasteiger partial charge >= 0.3 is 5.97 Å². The van der Waals surface area contributed by atoms with Gasteiger partial charge in [0.15, 0.2) is 6.79 Å². The molecule has 0 saturated heterocycles. The lowest BCUT2D eigenvalue weighted by molar-refractivity contribution is -0.385. The van der Waals surface area contributed by atoms with Crippen LogP contribution in [0, 0.1) is 41.2 Å². The van der Waals surface area contributed by atoms with Crippen LogP contribution in [0.1, 0.15) is 41.9 Å². The molecule has 0 bridgehead atoms. The van der Waals surface area contributed by atoms with E-state index in [1.54, 1.807) is 0 Å². The number of hydrogen-bond acceptors (Lipinski definition) is 7. The van der Waals surface area contributed by atoms with Gasteiger partial charge in [-0.25, -0.2) is 4.79 Å². The predicted molar refractivity (Wildman–Crippen MR) is 116 cm³/mol. The fourth-order valence-electron chi connectivity index (χ4n) is 3.63. The topological polar surface area (TPSA) is 117 Å². The van der Waals surface area contributed by atoms with E-state index in [1.807, 2.05) is 26.0 Å². The number of non-ortho nitro benzene ring substituents is 1. The Kier molecular flexibility index (Phi) is 6.95. The molecule has 0 amide bonds. The molecule has 1 aliphatic heterocycles. The maximum absolute atomic E-state index is 12.6. The van der Waals surface area contributed by atoms with E-state index in [-0.39, 0.29) is 31.3 Å². The Bertz CT molecular complexity index is 1120. The molecule has 1 aromatic carbocycles. The molecule has 0 atom stereocenters. The Morgan fingerprint density at radius 3 is 2.78 bits per heavy atom. The lowest BCUT2D eigenvalue weighted by atomic mass is 10.1. The summed E-state index contributed by atoms with van der Waals surface area (Å²) < 4.78 is 18.1. The van der Waals surface area contributed by atoms with Crippen LogP contribution in [-0.4, -0.2) is 22.3 Å². The number of aromatic nitrogens is 1. The third-order valence-corrected chi connectivity index (χ3v) is 5.14. The Hall–Kier alpha value is -3.64. The van der Waals surface area contributed by atoms with Crippen LogP contribution in [0.25, 0.3) is 6.08 Å². The standard InChI is InChI=1S/C23H25N3O6/c1-14(2)10-25-15(3)5-17(16(25)4)6-18(9-24)23(27)31-12-20-8-21(26(28)29)7-19-11-30-13-32-22(19)20/h5-8,14H,10-13H2,1-4H3. The number of hydrogen-bond donors (Lipinski definition) is 0. The number of fused-ring (bicyclic) bond motifs is 1. The number of rotatable bonds is 7. The van der Waals surface area contributed by atoms with Gasteiger partial charge in [0.1, 0.15) is 24.0 Å². The largest absolute Gasteiger partial charge is 0.467 e. The molecule has 2 aromatic rings. The van der Waals surface area contributed by atoms with E-state index in [0.717, 1.165) is 23.5 Å². The second-order valence-electron chi connectivity index (χ2n) is 8.04. The first-order valence-corrected chi connectivity index (χ1v) is 10.2. The maximum atomic E-state index is 12.6. The minimum Gasteiger partial charge on any atom is -0.467 e. The molecule has 0 saturated carbocycles. The highest BCUT2D eigenvalue weighted by atomic mass is 16.7. The fraction of sp³-hybridized carbons (Fsp3) is 0.391. The quantitative estimate of drug-likeness (QED) is 0.209. The molecule has 168 valence electrons. The fourth-order valence-corrected chi connectivity index (χ4v) is 3.63. The van der Waals surface area contributed by atoms with Gasteiger partial charge in [0, 0.05) is 41.2 Å². The van der Waals surface area contributed by atoms with Crippen molar-refractivity contribution in [3.05, 3.63) is 62.0 Å². The van der Waals surface area contributed by atoms with Gasteiger partial charge in [-0.2, -0.15) is 5.26 Å². The summed E-state index contributed by atoms with van der Waals surface area (Å²) in [6.07, 6.45) is 1.51. The Morgan fingerprint density at radius 2 is 2.12 bits per heavy atom. The number of benzene rings is 1. The zero-order valence-corrected chi connectivity index (χ0v) is 18.5. The molecule has 1 aliphatic rings. The number of carbonyl (C=O) groups excluding carboxylic acids is 1. The minimum atomic E-state index is -0.812. The summed E-state index contributed by atoms with van der Waals surface area (Å²) in [4.78, 5) is 23.3. The van der Waals surface area contributed by atoms with Gasteiger partial charge in [0.05, 0.1) is 11.5 Å². The molecule has 2 heterocycles. The molecule has 9 heteroatoms. The van der Waals surface area contributed by atoms with E-state index in [0.29, 0.717) is 22.8 Å². The molecule has 0 unspecified atom stereocenters. The molecule has 0 aliphatic carbocycles. The number of nitro groups is 1. The van der Waals surface area contributed by atoms with Crippen LogP contribution in [-0.2, 0) is 34.0 Å². The second kappa shape index (κ2) is 9.66. The first-order chi connectivity index (χ1) is 15.2. The molecule has 1 aromatic heterocycles. The van der Waals surface area contributed by atoms with Crippen LogP contribution in [0.2, 0.25) is 0 Å². The highest BCUT2D eigenvalue weighted by molar-refractivity contribution is 5.98. The van der Waals surface area contributed by atoms with Crippen molar-refractivity contribution >= 4 is 17.7 Å². The zero-order valence-electron chi connectivity index (χ0n) is 18.5. The third kappa shape index (κ3) is 4.98. The van der Waals surface area contributed by atoms with Gasteiger partial charge in [0.25, 0.3) is 5.69 Å². The number of aryl methyl sites for hydroxylation is 1. The zero-order chi connectivity index (χ0) is 23.4. The highest BCUT2D eigenvalue weighted by Crippen LogP contribution is 2.33. The average Bonchev–Trinajstić information content (AvgIpc) is 3.02. The summed E-state index contributed by atoms with van der Waals surface area (Å²) in [5.74, 6) is 0.0355. The average molecular weight is 439 g/mol. The summed E-state index contributed by atoms with van der Waals surface area (Å²) in [6, 6.07) is 6.48. The van der Waals surface area contributed by atoms with E-state index in [1.165, 1.54) is 18.2 Å². The van der Waals surface area contributed by atoms with Gasteiger partial charge in [-0.05, 0) is 37.5 Å². The molecule has 0 N–H and O–H groups in total. The van der Waals surface area contributed by atoms with E-state index in [9.17, 15) is 20.2 Å². The Labute approximate surface area is 186 Å². The van der Waals surface area contributed by atoms with E-state index in [4.69, 9.17) is 14.2 Å². The summed E-state index contributed by atoms with van der Waals surface area (Å²) in [7, 11) is 0. The van der Waals surface area contributed by atoms with E-state index >= 15 is 0 Å². The molecule has 0 spiro atoms. The molecular weight excluding hydrogens is 414 g/mol. The molecular formula is C23H25N3O6. The normalized spacial score (nSPS) is 13.3. The third-order valence-electron chi connectivity index (χ3n) is 5.14. The molecule has 3 rings (SSSR count). The summed E-state index contributed by atoms with van der Waals surface area (Å²) >= 11 is 0. The number of nitriles is 1. The first-order valence-electron chi connectivity index (χ1n) is 10.2. The van der Waals surface area contributed by atoms with Crippen LogP contribution in [0.4, 0.5) is 5.69 Å². The van der Waals surface area contributed by atoms with Crippen molar-refractivity contribution in [3.8, 4) is 11.8 Å². The van der Waals surface area contributed by atoms with Gasteiger partial charge in [-0.15, -0.1) is 0 Å². The van der Waals surface area contributed by atoms with E-state index < -0.39 is 10.9 Å². The number of carbonyl (C=O) groups is 1. The van der Waals surface area contributed by atoms with Crippen LogP contribution in [0.15, 0.2) is 23.8 Å². The number of ether oxygens (including phenoxy) is 3. The van der Waals surface area contributed by atoms with Crippen molar-refractivity contribution in [3.63, 3.8) is 0 Å². The number of nitrogens with zero attached hydrogens (tertiary/aromatic N) is 3. The first kappa shape index (κ1) is 23.0. The minimum absolute atomic E-state index is 0.00109. The predicted octanol–water partition coefficient (Wildman–Crippen LogP) is 4.19. The van der Waals surface area contributed by atoms with E-state index in [2.05, 4.69) is 18.4 Å². The van der Waals surface area contributed by atoms with Gasteiger partial charge in [-0.1, -0.05) is 13.8 Å². The smallest absolute Gasteiger partial charge is 0.349 e. The van der Waals surface area contributed by atoms with Crippen molar-refractivity contribution in [2.24, 2.45) is 5.92 Å². The monoisotopic (exact) mass is 439 g/mol. The highest BCUT2D eigenvalue weighted by Gasteiger charge is 2.22. The van der Waals surface area contributed by atoms with Gasteiger partial charge < -0.3 is 18.8 Å². The van der Waals surface area contributed by atoms with Crippen LogP contribution >= 0.6 is 0 Å². The summed E-state index contributed by atoms with van der Waals surface area (Å²) in [5, 5.41) is 20.7. The van der Waals surface area contributed by atoms with Gasteiger partial charge in [-0.3, -0.25) is 10.1 Å². The van der Waals surface area contributed by atoms with Crippen molar-refractivity contribution in [1.29, 1.82) is 5.26 Å². The molecule has 0 radical (unpaired) electrons. The summed E-state index contributed by atoms with van der Waals surface area (Å²) in [5.41, 5.74) is 3.30. The van der Waals surface area contributed by atoms with Crippen molar-refractivity contribution in [2.45, 2.75) is 47.5 Å². The number of esters is 1.